The third kappa shape index (κ3) is 4.38. The Bertz CT molecular complexity index is 1170. The second-order valence-electron chi connectivity index (χ2n) is 10.4. The summed E-state index contributed by atoms with van der Waals surface area (Å²) in [6.07, 6.45) is 2.61. The lowest BCUT2D eigenvalue weighted by Gasteiger charge is -2.38. The Morgan fingerprint density at radius 1 is 1.16 bits per heavy atom. The number of para-hydroxylation sites is 1. The van der Waals surface area contributed by atoms with Crippen molar-refractivity contribution in [1.82, 2.24) is 4.57 Å². The summed E-state index contributed by atoms with van der Waals surface area (Å²) in [6, 6.07) is 10.3. The molecule has 0 N–H and O–H groups in total. The number of aromatic nitrogens is 1. The SMILES string of the molecule is CCCCc1c(N(C)C)c(O[Si](C)(C)C(C)(C)C)c(-c2cc3ccccc3n2C)oc1=O. The zero-order chi connectivity index (χ0) is 23.8. The van der Waals surface area contributed by atoms with Crippen LogP contribution in [0.4, 0.5) is 5.69 Å². The molecule has 0 saturated carbocycles. The summed E-state index contributed by atoms with van der Waals surface area (Å²) in [7, 11) is 3.76. The van der Waals surface area contributed by atoms with E-state index in [0.29, 0.717) is 23.5 Å². The lowest BCUT2D eigenvalue weighted by Crippen LogP contribution is -2.44. The molecule has 3 aromatic rings. The molecule has 5 nitrogen and oxygen atoms in total. The lowest BCUT2D eigenvalue weighted by molar-refractivity contribution is 0.446. The van der Waals surface area contributed by atoms with Crippen molar-refractivity contribution in [2.24, 2.45) is 7.05 Å². The smallest absolute Gasteiger partial charge is 0.341 e. The summed E-state index contributed by atoms with van der Waals surface area (Å²) in [6.45, 7) is 13.3. The van der Waals surface area contributed by atoms with Crippen LogP contribution in [-0.2, 0) is 13.5 Å². The molecule has 0 saturated heterocycles. The second kappa shape index (κ2) is 8.81. The number of benzene rings is 1. The third-order valence-electron chi connectivity index (χ3n) is 6.72. The second-order valence-corrected chi connectivity index (χ2v) is 15.1. The van der Waals surface area contributed by atoms with Crippen molar-refractivity contribution in [1.29, 1.82) is 0 Å². The van der Waals surface area contributed by atoms with Crippen molar-refractivity contribution in [2.75, 3.05) is 19.0 Å². The largest absolute Gasteiger partial charge is 0.540 e. The first-order valence-electron chi connectivity index (χ1n) is 11.5. The molecule has 0 unspecified atom stereocenters. The predicted octanol–water partition coefficient (Wildman–Crippen LogP) is 6.59. The Labute approximate surface area is 193 Å². The van der Waals surface area contributed by atoms with Gasteiger partial charge in [0, 0.05) is 32.0 Å². The average Bonchev–Trinajstić information content (AvgIpc) is 3.03. The molecule has 0 fully saturated rings. The minimum Gasteiger partial charge on any atom is -0.540 e. The maximum absolute atomic E-state index is 13.2. The molecule has 0 bridgehead atoms. The molecule has 0 amide bonds. The zero-order valence-electron chi connectivity index (χ0n) is 21.1. The number of hydrogen-bond donors (Lipinski definition) is 0. The maximum Gasteiger partial charge on any atom is 0.341 e. The number of nitrogens with zero attached hydrogens (tertiary/aromatic N) is 2. The van der Waals surface area contributed by atoms with Gasteiger partial charge in [-0.15, -0.1) is 0 Å². The first-order chi connectivity index (χ1) is 14.9. The Morgan fingerprint density at radius 2 is 1.81 bits per heavy atom. The molecule has 32 heavy (non-hydrogen) atoms. The fourth-order valence-electron chi connectivity index (χ4n) is 3.77. The van der Waals surface area contributed by atoms with Crippen LogP contribution >= 0.6 is 0 Å². The van der Waals surface area contributed by atoms with Crippen molar-refractivity contribution in [2.45, 2.75) is 65.1 Å². The summed E-state index contributed by atoms with van der Waals surface area (Å²) in [5.74, 6) is 1.21. The number of fused-ring (bicyclic) bond motifs is 1. The fraction of sp³-hybridized carbons (Fsp3) is 0.500. The van der Waals surface area contributed by atoms with Gasteiger partial charge in [0.25, 0.3) is 8.32 Å². The van der Waals surface area contributed by atoms with Crippen LogP contribution in [0.5, 0.6) is 5.75 Å². The van der Waals surface area contributed by atoms with Crippen molar-refractivity contribution in [3.8, 4) is 17.2 Å². The van der Waals surface area contributed by atoms with Crippen LogP contribution < -0.4 is 15.0 Å². The first-order valence-corrected chi connectivity index (χ1v) is 14.4. The topological polar surface area (TPSA) is 47.6 Å². The maximum atomic E-state index is 13.2. The molecule has 0 aliphatic rings. The highest BCUT2D eigenvalue weighted by Gasteiger charge is 2.41. The quantitative estimate of drug-likeness (QED) is 0.378. The average molecular weight is 455 g/mol. The van der Waals surface area contributed by atoms with Gasteiger partial charge in [0.15, 0.2) is 11.5 Å². The van der Waals surface area contributed by atoms with E-state index < -0.39 is 8.32 Å². The van der Waals surface area contributed by atoms with E-state index in [1.807, 2.05) is 38.2 Å². The Kier molecular flexibility index (Phi) is 6.66. The van der Waals surface area contributed by atoms with Gasteiger partial charge in [-0.3, -0.25) is 0 Å². The number of hydrogen-bond acceptors (Lipinski definition) is 4. The van der Waals surface area contributed by atoms with Crippen molar-refractivity contribution in [3.63, 3.8) is 0 Å². The molecule has 174 valence electrons. The van der Waals surface area contributed by atoms with Gasteiger partial charge in [-0.05, 0) is 43.1 Å². The van der Waals surface area contributed by atoms with E-state index in [9.17, 15) is 4.79 Å². The van der Waals surface area contributed by atoms with Crippen LogP contribution in [0.3, 0.4) is 0 Å². The van der Waals surface area contributed by atoms with E-state index in [1.165, 1.54) is 0 Å². The van der Waals surface area contributed by atoms with Gasteiger partial charge in [0.2, 0.25) is 0 Å². The molecule has 3 rings (SSSR count). The molecule has 1 aromatic carbocycles. The van der Waals surface area contributed by atoms with Gasteiger partial charge in [-0.1, -0.05) is 52.3 Å². The molecular weight excluding hydrogens is 416 g/mol. The van der Waals surface area contributed by atoms with Gasteiger partial charge in [-0.25, -0.2) is 4.79 Å². The standard InChI is InChI=1S/C26H38N2O3Si/c1-10-11-15-19-22(27(5)6)24(31-32(8,9)26(2,3)4)23(30-25(19)29)21-17-18-14-12-13-16-20(18)28(21)7/h12-14,16-17H,10-11,15H2,1-9H3. The van der Waals surface area contributed by atoms with Crippen molar-refractivity contribution >= 4 is 24.9 Å². The Hall–Kier alpha value is -2.47. The van der Waals surface area contributed by atoms with E-state index in [2.05, 4.69) is 63.6 Å². The number of anilines is 1. The van der Waals surface area contributed by atoms with Crippen molar-refractivity contribution in [3.05, 3.63) is 46.3 Å². The third-order valence-corrected chi connectivity index (χ3v) is 11.1. The number of unbranched alkanes of at least 4 members (excludes halogenated alkanes) is 1. The Morgan fingerprint density at radius 3 is 2.38 bits per heavy atom. The molecule has 6 heteroatoms. The molecule has 0 atom stereocenters. The summed E-state index contributed by atoms with van der Waals surface area (Å²) in [5, 5.41) is 1.11. The van der Waals surface area contributed by atoms with E-state index in [1.54, 1.807) is 0 Å². The van der Waals surface area contributed by atoms with E-state index >= 15 is 0 Å². The summed E-state index contributed by atoms with van der Waals surface area (Å²) in [4.78, 5) is 15.2. The molecule has 2 aromatic heterocycles. The molecule has 0 aliphatic carbocycles. The highest BCUT2D eigenvalue weighted by atomic mass is 28.4. The predicted molar refractivity (Wildman–Crippen MR) is 138 cm³/mol. The highest BCUT2D eigenvalue weighted by Crippen LogP contribution is 2.45. The minimum atomic E-state index is -2.21. The van der Waals surface area contributed by atoms with Crippen molar-refractivity contribution < 1.29 is 8.84 Å². The van der Waals surface area contributed by atoms with Gasteiger partial charge in [0.05, 0.1) is 16.9 Å². The van der Waals surface area contributed by atoms with Crippen LogP contribution in [-0.4, -0.2) is 27.0 Å². The van der Waals surface area contributed by atoms with E-state index in [-0.39, 0.29) is 10.7 Å². The number of rotatable bonds is 7. The molecule has 0 spiro atoms. The first kappa shape index (κ1) is 24.2. The summed E-state index contributed by atoms with van der Waals surface area (Å²) >= 11 is 0. The summed E-state index contributed by atoms with van der Waals surface area (Å²) < 4.78 is 15.1. The minimum absolute atomic E-state index is 0.00644. The Balaban J connectivity index is 2.37. The molecule has 0 radical (unpaired) electrons. The molecule has 0 aliphatic heterocycles. The normalized spacial score (nSPS) is 12.4. The van der Waals surface area contributed by atoms with Gasteiger partial charge >= 0.3 is 5.63 Å². The number of aryl methyl sites for hydroxylation is 1. The van der Waals surface area contributed by atoms with E-state index in [4.69, 9.17) is 8.84 Å². The van der Waals surface area contributed by atoms with Crippen LogP contribution in [0.15, 0.2) is 39.5 Å². The van der Waals surface area contributed by atoms with Crippen LogP contribution in [0, 0.1) is 0 Å². The molecular formula is C26H38N2O3Si. The van der Waals surface area contributed by atoms with Crippen LogP contribution in [0.2, 0.25) is 18.1 Å². The van der Waals surface area contributed by atoms with Crippen LogP contribution in [0.25, 0.3) is 22.4 Å². The highest BCUT2D eigenvalue weighted by molar-refractivity contribution is 6.74. The van der Waals surface area contributed by atoms with E-state index in [0.717, 1.165) is 35.1 Å². The van der Waals surface area contributed by atoms with Crippen LogP contribution in [0.1, 0.15) is 46.1 Å². The van der Waals surface area contributed by atoms with Gasteiger partial charge in [-0.2, -0.15) is 0 Å². The molecule has 2 heterocycles. The summed E-state index contributed by atoms with van der Waals surface area (Å²) in [5.41, 5.74) is 3.21. The zero-order valence-corrected chi connectivity index (χ0v) is 22.1. The van der Waals surface area contributed by atoms with Gasteiger partial charge in [0.1, 0.15) is 0 Å². The lowest BCUT2D eigenvalue weighted by atomic mass is 10.1. The van der Waals surface area contributed by atoms with Gasteiger partial charge < -0.3 is 18.3 Å². The fourth-order valence-corrected chi connectivity index (χ4v) is 4.77. The monoisotopic (exact) mass is 454 g/mol.